The van der Waals surface area contributed by atoms with E-state index in [1.165, 1.54) is 5.56 Å². The van der Waals surface area contributed by atoms with Crippen molar-refractivity contribution in [3.63, 3.8) is 0 Å². The second-order valence-corrected chi connectivity index (χ2v) is 8.46. The molecule has 41 heavy (non-hydrogen) atoms. The predicted molar refractivity (Wildman–Crippen MR) is 157 cm³/mol. The first kappa shape index (κ1) is 44.8. The molecule has 0 fully saturated rings. The summed E-state index contributed by atoms with van der Waals surface area (Å²) in [4.78, 5) is 33.1. The van der Waals surface area contributed by atoms with E-state index < -0.39 is 7.12 Å². The smallest absolute Gasteiger partial charge is 1.00 e. The van der Waals surface area contributed by atoms with E-state index in [1.807, 2.05) is 60.7 Å². The van der Waals surface area contributed by atoms with Crippen LogP contribution in [0.2, 0.25) is 0 Å². The monoisotopic (exact) mass is 672 g/mol. The van der Waals surface area contributed by atoms with Gasteiger partial charge >= 0.3 is 110 Å². The number of hydrogen-bond donors (Lipinski definition) is 2. The predicted octanol–water partition coefficient (Wildman–Crippen LogP) is -1.23. The zero-order valence-corrected chi connectivity index (χ0v) is 30.7. The van der Waals surface area contributed by atoms with Crippen LogP contribution in [0, 0.1) is 0 Å². The van der Waals surface area contributed by atoms with E-state index in [1.54, 1.807) is 50.2 Å². The average Bonchev–Trinajstić information content (AvgIpc) is 2.95. The number of hydrogen-bond acceptors (Lipinski definition) is 7. The molecule has 0 amide bonds. The third kappa shape index (κ3) is 20.1. The van der Waals surface area contributed by atoms with Gasteiger partial charge in [0.1, 0.15) is 0 Å². The van der Waals surface area contributed by atoms with Gasteiger partial charge in [0.15, 0.2) is 11.6 Å². The summed E-state index contributed by atoms with van der Waals surface area (Å²) < 4.78 is 0.998. The van der Waals surface area contributed by atoms with Gasteiger partial charge in [-0.05, 0) is 42.6 Å². The molecule has 7 nitrogen and oxygen atoms in total. The standard InChI is InChI=1S/C14H12O.C8H7BrO.C6H7BO2.CH2O3.CH4.2K.H/c1-11(15)12-7-9-14(10-8-12)13-5-3-2-4-6-13;1-6(10)7-2-4-8(9)5-3-7;8-7(9)6-4-2-1-3-5-6;2-1-4-3;;;;/h2-10H,1H3;2-5H,1H3;1-5,8-9H;1,3H;1H4;;;/q;;;;;2*+1;-1/p-1. The molecule has 4 rings (SSSR count). The minimum absolute atomic E-state index is 0. The van der Waals surface area contributed by atoms with Crippen LogP contribution in [0.5, 0.6) is 0 Å². The molecule has 0 spiro atoms. The molecule has 2 N–H and O–H groups in total. The topological polar surface area (TPSA) is 124 Å². The Bertz CT molecular complexity index is 1250. The Morgan fingerprint density at radius 1 is 0.732 bits per heavy atom. The van der Waals surface area contributed by atoms with E-state index in [4.69, 9.17) is 20.1 Å². The Morgan fingerprint density at radius 2 is 1.07 bits per heavy atom. The number of ketones is 2. The van der Waals surface area contributed by atoms with Crippen molar-refractivity contribution in [2.75, 3.05) is 0 Å². The van der Waals surface area contributed by atoms with Crippen LogP contribution < -0.4 is 113 Å². The minimum Gasteiger partial charge on any atom is -1.00 e. The van der Waals surface area contributed by atoms with Gasteiger partial charge < -0.3 is 21.6 Å². The van der Waals surface area contributed by atoms with Crippen LogP contribution in [-0.2, 0) is 9.68 Å². The van der Waals surface area contributed by atoms with Gasteiger partial charge in [0.25, 0.3) is 6.47 Å². The molecule has 0 saturated heterocycles. The summed E-state index contributed by atoms with van der Waals surface area (Å²) in [5.74, 6) is 0.210. The zero-order valence-electron chi connectivity index (χ0n) is 23.9. The molecular weight excluding hydrogens is 641 g/mol. The first-order valence-corrected chi connectivity index (χ1v) is 12.0. The molecule has 0 radical (unpaired) electrons. The maximum absolute atomic E-state index is 11.1. The second kappa shape index (κ2) is 27.0. The van der Waals surface area contributed by atoms with E-state index in [0.29, 0.717) is 5.46 Å². The van der Waals surface area contributed by atoms with Gasteiger partial charge in [-0.25, -0.2) is 0 Å². The van der Waals surface area contributed by atoms with Gasteiger partial charge in [0.2, 0.25) is 0 Å². The van der Waals surface area contributed by atoms with Gasteiger partial charge in [-0.1, -0.05) is 120 Å². The molecule has 0 unspecified atom stereocenters. The van der Waals surface area contributed by atoms with Gasteiger partial charge in [-0.15, -0.1) is 0 Å². The molecule has 0 aliphatic heterocycles. The molecular formula is C30H32BBrK2O7. The Balaban J connectivity index is -0.000000239. The first-order valence-electron chi connectivity index (χ1n) is 11.3. The maximum atomic E-state index is 11.1. The molecule has 0 saturated carbocycles. The number of Topliss-reactive ketones (excluding diaryl/α,β-unsaturated/α-hetero) is 2. The van der Waals surface area contributed by atoms with Gasteiger partial charge in [0, 0.05) is 15.6 Å². The average molecular weight is 673 g/mol. The normalized spacial score (nSPS) is 8.44. The summed E-state index contributed by atoms with van der Waals surface area (Å²) >= 11 is 3.28. The first-order chi connectivity index (χ1) is 18.2. The molecule has 0 bridgehead atoms. The fourth-order valence-electron chi connectivity index (χ4n) is 2.84. The largest absolute Gasteiger partial charge is 1.00 e. The summed E-state index contributed by atoms with van der Waals surface area (Å²) in [6.07, 6.45) is 0. The van der Waals surface area contributed by atoms with Crippen molar-refractivity contribution in [1.29, 1.82) is 0 Å². The summed E-state index contributed by atoms with van der Waals surface area (Å²) in [5.41, 5.74) is 4.35. The molecule has 0 aliphatic rings. The van der Waals surface area contributed by atoms with Crippen molar-refractivity contribution in [3.05, 3.63) is 125 Å². The number of benzene rings is 4. The SMILES string of the molecule is C.CC(=O)c1ccc(-c2ccccc2)cc1.CC(=O)c1ccc(Br)cc1.O=CO[O-].OB(O)c1ccccc1.[H-].[K+].[K+]. The van der Waals surface area contributed by atoms with Gasteiger partial charge in [0.05, 0.1) is 0 Å². The van der Waals surface area contributed by atoms with Crippen molar-refractivity contribution < 1.29 is 139 Å². The van der Waals surface area contributed by atoms with E-state index in [2.05, 4.69) is 33.0 Å². The van der Waals surface area contributed by atoms with Crippen LogP contribution in [0.25, 0.3) is 11.1 Å². The molecule has 4 aromatic carbocycles. The van der Waals surface area contributed by atoms with Crippen LogP contribution in [-0.4, -0.2) is 35.2 Å². The fourth-order valence-corrected chi connectivity index (χ4v) is 3.10. The molecule has 0 aliphatic carbocycles. The molecule has 0 atom stereocenters. The van der Waals surface area contributed by atoms with Crippen LogP contribution in [0.4, 0.5) is 0 Å². The minimum atomic E-state index is -1.34. The Labute approximate surface area is 337 Å². The number of carbonyl (C=O) groups excluding carboxylic acids is 3. The van der Waals surface area contributed by atoms with Crippen LogP contribution in [0.1, 0.15) is 43.4 Å². The van der Waals surface area contributed by atoms with E-state index >= 15 is 0 Å². The number of halogens is 1. The van der Waals surface area contributed by atoms with Gasteiger partial charge in [-0.3, -0.25) is 14.4 Å². The quantitative estimate of drug-likeness (QED) is 0.0895. The Morgan fingerprint density at radius 3 is 1.39 bits per heavy atom. The third-order valence-corrected chi connectivity index (χ3v) is 5.31. The van der Waals surface area contributed by atoms with Crippen molar-refractivity contribution in [2.24, 2.45) is 0 Å². The molecule has 11 heteroatoms. The number of carbonyl (C=O) groups is 3. The Hall–Kier alpha value is -0.612. The maximum Gasteiger partial charge on any atom is 1.00 e. The summed E-state index contributed by atoms with van der Waals surface area (Å²) in [5, 5.41) is 25.6. The van der Waals surface area contributed by atoms with E-state index in [0.717, 1.165) is 21.2 Å². The van der Waals surface area contributed by atoms with Crippen molar-refractivity contribution in [1.82, 2.24) is 0 Å². The van der Waals surface area contributed by atoms with Gasteiger partial charge in [-0.2, -0.15) is 0 Å². The third-order valence-electron chi connectivity index (χ3n) is 4.79. The Kier molecular flexibility index (Phi) is 29.5. The molecule has 4 aromatic rings. The van der Waals surface area contributed by atoms with Crippen LogP contribution >= 0.6 is 15.9 Å². The van der Waals surface area contributed by atoms with Crippen LogP contribution in [0.15, 0.2) is 114 Å². The van der Waals surface area contributed by atoms with Crippen LogP contribution in [0.3, 0.4) is 0 Å². The molecule has 0 aromatic heterocycles. The number of rotatable bonds is 5. The summed E-state index contributed by atoms with van der Waals surface area (Å²) in [6, 6.07) is 33.8. The van der Waals surface area contributed by atoms with Crippen molar-refractivity contribution >= 4 is 46.5 Å². The summed E-state index contributed by atoms with van der Waals surface area (Å²) in [6.45, 7) is 2.96. The molecule has 206 valence electrons. The second-order valence-electron chi connectivity index (χ2n) is 7.54. The zero-order chi connectivity index (χ0) is 28.3. The van der Waals surface area contributed by atoms with E-state index in [-0.39, 0.29) is 130 Å². The molecule has 0 heterocycles. The summed E-state index contributed by atoms with van der Waals surface area (Å²) in [7, 11) is -1.34. The fraction of sp³-hybridized carbons (Fsp3) is 0.100. The van der Waals surface area contributed by atoms with Crippen molar-refractivity contribution in [3.8, 4) is 11.1 Å². The van der Waals surface area contributed by atoms with Crippen molar-refractivity contribution in [2.45, 2.75) is 21.3 Å². The van der Waals surface area contributed by atoms with E-state index in [9.17, 15) is 9.59 Å².